The monoisotopic (exact) mass is 243 g/mol. The zero-order chi connectivity index (χ0) is 13.1. The number of carboxylic acid groups (broad SMARTS) is 1. The molecule has 1 N–H and O–H groups in total. The Kier molecular flexibility index (Phi) is 9.49. The summed E-state index contributed by atoms with van der Waals surface area (Å²) in [4.78, 5) is 23.2. The van der Waals surface area contributed by atoms with E-state index in [-0.39, 0.29) is 12.5 Å². The molecule has 0 aromatic carbocycles. The van der Waals surface area contributed by atoms with Gasteiger partial charge in [-0.3, -0.25) is 9.59 Å². The first kappa shape index (κ1) is 15.9. The molecule has 17 heavy (non-hydrogen) atoms. The first-order valence-corrected chi connectivity index (χ1v) is 6.53. The SMILES string of the molecule is CCCCCCCCCC(=O)N(C)CC(=O)O. The molecule has 0 rings (SSSR count). The van der Waals surface area contributed by atoms with Gasteiger partial charge in [0.05, 0.1) is 0 Å². The van der Waals surface area contributed by atoms with Gasteiger partial charge in [-0.05, 0) is 6.42 Å². The molecule has 0 radical (unpaired) electrons. The van der Waals surface area contributed by atoms with Crippen LogP contribution in [0.1, 0.15) is 58.3 Å². The van der Waals surface area contributed by atoms with Crippen molar-refractivity contribution in [3.63, 3.8) is 0 Å². The summed E-state index contributed by atoms with van der Waals surface area (Å²) >= 11 is 0. The predicted octanol–water partition coefficient (Wildman–Crippen LogP) is 2.67. The maximum Gasteiger partial charge on any atom is 0.323 e. The first-order valence-electron chi connectivity index (χ1n) is 6.53. The van der Waals surface area contributed by atoms with Crippen molar-refractivity contribution in [3.8, 4) is 0 Å². The third-order valence-electron chi connectivity index (χ3n) is 2.79. The second-order valence-electron chi connectivity index (χ2n) is 4.51. The van der Waals surface area contributed by atoms with Crippen molar-refractivity contribution in [2.24, 2.45) is 0 Å². The number of unbranched alkanes of at least 4 members (excludes halogenated alkanes) is 6. The maximum absolute atomic E-state index is 11.5. The number of rotatable bonds is 10. The van der Waals surface area contributed by atoms with Crippen molar-refractivity contribution < 1.29 is 14.7 Å². The molecular weight excluding hydrogens is 218 g/mol. The highest BCUT2D eigenvalue weighted by Gasteiger charge is 2.10. The van der Waals surface area contributed by atoms with Crippen LogP contribution in [-0.4, -0.2) is 35.5 Å². The van der Waals surface area contributed by atoms with Gasteiger partial charge in [0, 0.05) is 13.5 Å². The van der Waals surface area contributed by atoms with Crippen LogP contribution in [0.15, 0.2) is 0 Å². The van der Waals surface area contributed by atoms with Gasteiger partial charge in [0.2, 0.25) is 5.91 Å². The fourth-order valence-corrected chi connectivity index (χ4v) is 1.72. The molecule has 0 fully saturated rings. The van der Waals surface area contributed by atoms with E-state index in [9.17, 15) is 9.59 Å². The van der Waals surface area contributed by atoms with Gasteiger partial charge < -0.3 is 10.0 Å². The molecule has 0 atom stereocenters. The summed E-state index contributed by atoms with van der Waals surface area (Å²) in [7, 11) is 1.54. The zero-order valence-corrected chi connectivity index (χ0v) is 11.1. The Bertz CT molecular complexity index is 229. The van der Waals surface area contributed by atoms with Gasteiger partial charge in [0.25, 0.3) is 0 Å². The second-order valence-corrected chi connectivity index (χ2v) is 4.51. The Morgan fingerprint density at radius 2 is 1.53 bits per heavy atom. The minimum atomic E-state index is -0.958. The predicted molar refractivity (Wildman–Crippen MR) is 67.9 cm³/mol. The van der Waals surface area contributed by atoms with Crippen LogP contribution in [0, 0.1) is 0 Å². The second kappa shape index (κ2) is 10.1. The van der Waals surface area contributed by atoms with Crippen molar-refractivity contribution in [3.05, 3.63) is 0 Å². The topological polar surface area (TPSA) is 57.6 Å². The quantitative estimate of drug-likeness (QED) is 0.600. The summed E-state index contributed by atoms with van der Waals surface area (Å²) in [6, 6.07) is 0. The van der Waals surface area contributed by atoms with Crippen molar-refractivity contribution in [2.75, 3.05) is 13.6 Å². The van der Waals surface area contributed by atoms with Crippen molar-refractivity contribution in [1.82, 2.24) is 4.90 Å². The number of carbonyl (C=O) groups is 2. The van der Waals surface area contributed by atoms with Crippen LogP contribution in [0.3, 0.4) is 0 Å². The Morgan fingerprint density at radius 3 is 2.06 bits per heavy atom. The van der Waals surface area contributed by atoms with E-state index in [0.717, 1.165) is 12.8 Å². The number of amides is 1. The Hall–Kier alpha value is -1.06. The number of aliphatic carboxylic acids is 1. The summed E-state index contributed by atoms with van der Waals surface area (Å²) in [5.41, 5.74) is 0. The van der Waals surface area contributed by atoms with Crippen LogP contribution in [0.4, 0.5) is 0 Å². The molecule has 0 heterocycles. The molecule has 0 aromatic heterocycles. The maximum atomic E-state index is 11.5. The van der Waals surface area contributed by atoms with Gasteiger partial charge in [-0.1, -0.05) is 45.4 Å². The lowest BCUT2D eigenvalue weighted by atomic mass is 10.1. The Balaban J connectivity index is 3.41. The number of nitrogens with zero attached hydrogens (tertiary/aromatic N) is 1. The lowest BCUT2D eigenvalue weighted by Gasteiger charge is -2.14. The summed E-state index contributed by atoms with van der Waals surface area (Å²) < 4.78 is 0. The van der Waals surface area contributed by atoms with E-state index in [1.54, 1.807) is 0 Å². The van der Waals surface area contributed by atoms with Crippen molar-refractivity contribution in [1.29, 1.82) is 0 Å². The molecule has 0 spiro atoms. The average Bonchev–Trinajstić information content (AvgIpc) is 2.26. The zero-order valence-electron chi connectivity index (χ0n) is 11.1. The van der Waals surface area contributed by atoms with Crippen LogP contribution in [0.5, 0.6) is 0 Å². The molecule has 0 aliphatic heterocycles. The number of hydrogen-bond donors (Lipinski definition) is 1. The smallest absolute Gasteiger partial charge is 0.323 e. The van der Waals surface area contributed by atoms with E-state index < -0.39 is 5.97 Å². The third-order valence-corrected chi connectivity index (χ3v) is 2.79. The third kappa shape index (κ3) is 9.85. The highest BCUT2D eigenvalue weighted by molar-refractivity contribution is 5.80. The molecule has 100 valence electrons. The Labute approximate surface area is 104 Å². The molecule has 0 unspecified atom stereocenters. The highest BCUT2D eigenvalue weighted by atomic mass is 16.4. The van der Waals surface area contributed by atoms with Gasteiger partial charge in [0.15, 0.2) is 0 Å². The molecule has 0 saturated carbocycles. The molecule has 0 aliphatic rings. The summed E-state index contributed by atoms with van der Waals surface area (Å²) in [6.45, 7) is 1.99. The molecule has 0 aliphatic carbocycles. The van der Waals surface area contributed by atoms with Crippen LogP contribution < -0.4 is 0 Å². The molecular formula is C13H25NO3. The number of carboxylic acids is 1. The van der Waals surface area contributed by atoms with Crippen LogP contribution in [0.2, 0.25) is 0 Å². The van der Waals surface area contributed by atoms with Gasteiger partial charge in [-0.25, -0.2) is 0 Å². The lowest BCUT2D eigenvalue weighted by molar-refractivity contribution is -0.143. The summed E-state index contributed by atoms with van der Waals surface area (Å²) in [5, 5.41) is 8.53. The molecule has 0 saturated heterocycles. The van der Waals surface area contributed by atoms with Crippen LogP contribution in [-0.2, 0) is 9.59 Å². The molecule has 4 heteroatoms. The summed E-state index contributed by atoms with van der Waals surface area (Å²) in [6.07, 6.45) is 8.65. The largest absolute Gasteiger partial charge is 0.480 e. The highest BCUT2D eigenvalue weighted by Crippen LogP contribution is 2.09. The minimum Gasteiger partial charge on any atom is -0.480 e. The van der Waals surface area contributed by atoms with E-state index in [1.165, 1.54) is 44.1 Å². The molecule has 1 amide bonds. The van der Waals surface area contributed by atoms with Crippen LogP contribution >= 0.6 is 0 Å². The minimum absolute atomic E-state index is 0.0686. The van der Waals surface area contributed by atoms with E-state index in [1.807, 2.05) is 0 Å². The standard InChI is InChI=1S/C13H25NO3/c1-3-4-5-6-7-8-9-10-12(15)14(2)11-13(16)17/h3-11H2,1-2H3,(H,16,17). The first-order chi connectivity index (χ1) is 8.07. The number of carbonyl (C=O) groups excluding carboxylic acids is 1. The van der Waals surface area contributed by atoms with Gasteiger partial charge in [-0.15, -0.1) is 0 Å². The van der Waals surface area contributed by atoms with Crippen LogP contribution in [0.25, 0.3) is 0 Å². The molecule has 0 bridgehead atoms. The van der Waals surface area contributed by atoms with Crippen molar-refractivity contribution >= 4 is 11.9 Å². The van der Waals surface area contributed by atoms with E-state index in [4.69, 9.17) is 5.11 Å². The van der Waals surface area contributed by atoms with Gasteiger partial charge >= 0.3 is 5.97 Å². The van der Waals surface area contributed by atoms with Gasteiger partial charge in [0.1, 0.15) is 6.54 Å². The van der Waals surface area contributed by atoms with E-state index in [2.05, 4.69) is 6.92 Å². The average molecular weight is 243 g/mol. The molecule has 0 aromatic rings. The Morgan fingerprint density at radius 1 is 1.00 bits per heavy atom. The van der Waals surface area contributed by atoms with Gasteiger partial charge in [-0.2, -0.15) is 0 Å². The number of likely N-dealkylation sites (N-methyl/N-ethyl adjacent to an activating group) is 1. The lowest BCUT2D eigenvalue weighted by Crippen LogP contribution is -2.31. The van der Waals surface area contributed by atoms with Crippen molar-refractivity contribution in [2.45, 2.75) is 58.3 Å². The summed E-state index contributed by atoms with van der Waals surface area (Å²) in [5.74, 6) is -1.03. The molecule has 4 nitrogen and oxygen atoms in total. The fraction of sp³-hybridized carbons (Fsp3) is 0.846. The normalized spacial score (nSPS) is 10.2. The number of hydrogen-bond acceptors (Lipinski definition) is 2. The van der Waals surface area contributed by atoms with E-state index in [0.29, 0.717) is 6.42 Å². The fourth-order valence-electron chi connectivity index (χ4n) is 1.72. The van der Waals surface area contributed by atoms with E-state index >= 15 is 0 Å².